The molecule has 0 unspecified atom stereocenters. The molecule has 0 amide bonds. The van der Waals surface area contributed by atoms with Gasteiger partial charge >= 0.3 is 0 Å². The maximum atomic E-state index is 12.5. The van der Waals surface area contributed by atoms with Gasteiger partial charge in [0.15, 0.2) is 0 Å². The third-order valence-electron chi connectivity index (χ3n) is 2.29. The number of rotatable bonds is 2. The molecule has 0 bridgehead atoms. The predicted octanol–water partition coefficient (Wildman–Crippen LogP) is 3.25. The summed E-state index contributed by atoms with van der Waals surface area (Å²) in [7, 11) is 0. The first kappa shape index (κ1) is 7.53. The standard InChI is InChI=1S/C11H11F/c1-8(9-2-3-9)10-4-6-11(12)7-5-10/h4-7,9H,1-3H2. The highest BCUT2D eigenvalue weighted by Crippen LogP contribution is 2.40. The van der Waals surface area contributed by atoms with Gasteiger partial charge in [0.2, 0.25) is 0 Å². The van der Waals surface area contributed by atoms with Gasteiger partial charge in [0.1, 0.15) is 5.82 Å². The Balaban J connectivity index is 2.22. The van der Waals surface area contributed by atoms with Crippen molar-refractivity contribution in [1.29, 1.82) is 0 Å². The molecule has 1 fully saturated rings. The average Bonchev–Trinajstić information content (AvgIpc) is 2.87. The van der Waals surface area contributed by atoms with Crippen LogP contribution in [0.3, 0.4) is 0 Å². The number of hydrogen-bond acceptors (Lipinski definition) is 0. The molecule has 0 atom stereocenters. The second-order valence-electron chi connectivity index (χ2n) is 3.31. The highest BCUT2D eigenvalue weighted by Gasteiger charge is 2.24. The Morgan fingerprint density at radius 1 is 1.25 bits per heavy atom. The molecule has 0 spiro atoms. The molecule has 0 aliphatic heterocycles. The smallest absolute Gasteiger partial charge is 0.123 e. The van der Waals surface area contributed by atoms with Crippen LogP contribution in [0.25, 0.3) is 5.57 Å². The SMILES string of the molecule is C=C(c1ccc(F)cc1)C1CC1. The van der Waals surface area contributed by atoms with E-state index in [2.05, 4.69) is 6.58 Å². The van der Waals surface area contributed by atoms with E-state index < -0.39 is 0 Å². The maximum Gasteiger partial charge on any atom is 0.123 e. The van der Waals surface area contributed by atoms with E-state index in [-0.39, 0.29) is 5.82 Å². The van der Waals surface area contributed by atoms with Gasteiger partial charge in [0.25, 0.3) is 0 Å². The van der Waals surface area contributed by atoms with Crippen molar-refractivity contribution in [3.63, 3.8) is 0 Å². The minimum atomic E-state index is -0.178. The molecule has 1 aromatic carbocycles. The Labute approximate surface area is 71.7 Å². The minimum Gasteiger partial charge on any atom is -0.207 e. The van der Waals surface area contributed by atoms with Crippen molar-refractivity contribution in [2.24, 2.45) is 5.92 Å². The summed E-state index contributed by atoms with van der Waals surface area (Å²) in [5.74, 6) is 0.484. The zero-order valence-corrected chi connectivity index (χ0v) is 6.89. The van der Waals surface area contributed by atoms with Gasteiger partial charge in [0.05, 0.1) is 0 Å². The first-order chi connectivity index (χ1) is 5.77. The van der Waals surface area contributed by atoms with Crippen LogP contribution in [-0.2, 0) is 0 Å². The highest BCUT2D eigenvalue weighted by molar-refractivity contribution is 5.66. The topological polar surface area (TPSA) is 0 Å². The van der Waals surface area contributed by atoms with Gasteiger partial charge in [-0.1, -0.05) is 18.7 Å². The van der Waals surface area contributed by atoms with Crippen molar-refractivity contribution in [3.8, 4) is 0 Å². The second-order valence-corrected chi connectivity index (χ2v) is 3.31. The molecule has 1 aromatic rings. The molecule has 0 aromatic heterocycles. The summed E-state index contributed by atoms with van der Waals surface area (Å²) in [6.45, 7) is 3.99. The van der Waals surface area contributed by atoms with Crippen LogP contribution in [0.1, 0.15) is 18.4 Å². The van der Waals surface area contributed by atoms with Crippen LogP contribution in [0, 0.1) is 11.7 Å². The molecule has 62 valence electrons. The van der Waals surface area contributed by atoms with Crippen molar-refractivity contribution in [2.45, 2.75) is 12.8 Å². The van der Waals surface area contributed by atoms with E-state index in [0.29, 0.717) is 5.92 Å². The van der Waals surface area contributed by atoms with Gasteiger partial charge in [-0.25, -0.2) is 4.39 Å². The quantitative estimate of drug-likeness (QED) is 0.626. The van der Waals surface area contributed by atoms with Gasteiger partial charge in [-0.3, -0.25) is 0 Å². The summed E-state index contributed by atoms with van der Waals surface area (Å²) >= 11 is 0. The molecular formula is C11H11F. The predicted molar refractivity (Wildman–Crippen MR) is 48.2 cm³/mol. The summed E-state index contributed by atoms with van der Waals surface area (Å²) in [5, 5.41) is 0. The lowest BCUT2D eigenvalue weighted by Gasteiger charge is -2.02. The Hall–Kier alpha value is -1.11. The van der Waals surface area contributed by atoms with Gasteiger partial charge in [-0.2, -0.15) is 0 Å². The van der Waals surface area contributed by atoms with Gasteiger partial charge in [0, 0.05) is 0 Å². The van der Waals surface area contributed by atoms with E-state index in [4.69, 9.17) is 0 Å². The maximum absolute atomic E-state index is 12.5. The molecule has 2 rings (SSSR count). The zero-order chi connectivity index (χ0) is 8.55. The first-order valence-corrected chi connectivity index (χ1v) is 4.22. The minimum absolute atomic E-state index is 0.178. The molecule has 1 heteroatoms. The molecule has 0 heterocycles. The van der Waals surface area contributed by atoms with E-state index in [1.807, 2.05) is 0 Å². The van der Waals surface area contributed by atoms with E-state index in [1.165, 1.54) is 25.0 Å². The van der Waals surface area contributed by atoms with Crippen molar-refractivity contribution in [2.75, 3.05) is 0 Å². The van der Waals surface area contributed by atoms with Crippen LogP contribution in [0.2, 0.25) is 0 Å². The number of allylic oxidation sites excluding steroid dienone is 1. The van der Waals surface area contributed by atoms with Gasteiger partial charge < -0.3 is 0 Å². The van der Waals surface area contributed by atoms with Crippen LogP contribution in [-0.4, -0.2) is 0 Å². The third kappa shape index (κ3) is 1.40. The normalized spacial score (nSPS) is 16.1. The fourth-order valence-corrected chi connectivity index (χ4v) is 1.33. The number of halogens is 1. The Morgan fingerprint density at radius 2 is 1.83 bits per heavy atom. The summed E-state index contributed by atoms with van der Waals surface area (Å²) in [6, 6.07) is 6.58. The molecule has 0 nitrogen and oxygen atoms in total. The highest BCUT2D eigenvalue weighted by atomic mass is 19.1. The van der Waals surface area contributed by atoms with Crippen molar-refractivity contribution in [1.82, 2.24) is 0 Å². The fraction of sp³-hybridized carbons (Fsp3) is 0.273. The van der Waals surface area contributed by atoms with E-state index in [1.54, 1.807) is 12.1 Å². The Morgan fingerprint density at radius 3 is 2.33 bits per heavy atom. The molecule has 1 aliphatic rings. The molecule has 0 radical (unpaired) electrons. The number of hydrogen-bond donors (Lipinski definition) is 0. The van der Waals surface area contributed by atoms with E-state index >= 15 is 0 Å². The lowest BCUT2D eigenvalue weighted by atomic mass is 10.0. The molecule has 1 saturated carbocycles. The van der Waals surface area contributed by atoms with Crippen LogP contribution in [0.5, 0.6) is 0 Å². The first-order valence-electron chi connectivity index (χ1n) is 4.22. The monoisotopic (exact) mass is 162 g/mol. The Kier molecular flexibility index (Phi) is 1.72. The van der Waals surface area contributed by atoms with Crippen LogP contribution in [0.15, 0.2) is 30.8 Å². The van der Waals surface area contributed by atoms with Crippen LogP contribution < -0.4 is 0 Å². The molecule has 12 heavy (non-hydrogen) atoms. The average molecular weight is 162 g/mol. The number of benzene rings is 1. The lowest BCUT2D eigenvalue weighted by Crippen LogP contribution is -1.84. The largest absolute Gasteiger partial charge is 0.207 e. The van der Waals surface area contributed by atoms with Gasteiger partial charge in [-0.15, -0.1) is 0 Å². The molecule has 0 N–H and O–H groups in total. The molecule has 1 aliphatic carbocycles. The van der Waals surface area contributed by atoms with Crippen molar-refractivity contribution in [3.05, 3.63) is 42.2 Å². The summed E-state index contributed by atoms with van der Waals surface area (Å²) < 4.78 is 12.5. The fourth-order valence-electron chi connectivity index (χ4n) is 1.33. The zero-order valence-electron chi connectivity index (χ0n) is 6.89. The van der Waals surface area contributed by atoms with Crippen molar-refractivity contribution < 1.29 is 4.39 Å². The summed E-state index contributed by atoms with van der Waals surface area (Å²) in [6.07, 6.45) is 2.49. The lowest BCUT2D eigenvalue weighted by molar-refractivity contribution is 0.627. The summed E-state index contributed by atoms with van der Waals surface area (Å²) in [4.78, 5) is 0. The van der Waals surface area contributed by atoms with Crippen molar-refractivity contribution >= 4 is 5.57 Å². The second kappa shape index (κ2) is 2.74. The van der Waals surface area contributed by atoms with Crippen LogP contribution in [0.4, 0.5) is 4.39 Å². The molecular weight excluding hydrogens is 151 g/mol. The Bertz CT molecular complexity index is 293. The van der Waals surface area contributed by atoms with E-state index in [9.17, 15) is 4.39 Å². The third-order valence-corrected chi connectivity index (χ3v) is 2.29. The molecule has 0 saturated heterocycles. The van der Waals surface area contributed by atoms with Gasteiger partial charge in [-0.05, 0) is 42.0 Å². The summed E-state index contributed by atoms with van der Waals surface area (Å²) in [5.41, 5.74) is 2.24. The van der Waals surface area contributed by atoms with E-state index in [0.717, 1.165) is 11.1 Å². The van der Waals surface area contributed by atoms with Crippen LogP contribution >= 0.6 is 0 Å².